The number of nitrogens with one attached hydrogen (secondary N) is 2. The summed E-state index contributed by atoms with van der Waals surface area (Å²) in [7, 11) is 1.79. The van der Waals surface area contributed by atoms with Crippen molar-refractivity contribution in [1.82, 2.24) is 24.6 Å². The Kier molecular flexibility index (Phi) is 3.41. The van der Waals surface area contributed by atoms with Crippen molar-refractivity contribution < 1.29 is 4.79 Å². The molecular formula is C13H18N6O. The molecule has 1 unspecified atom stereocenters. The van der Waals surface area contributed by atoms with Gasteiger partial charge in [-0.2, -0.15) is 5.10 Å². The number of hydrogen-bond donors (Lipinski definition) is 2. The van der Waals surface area contributed by atoms with Gasteiger partial charge < -0.3 is 9.88 Å². The van der Waals surface area contributed by atoms with Crippen LogP contribution in [0, 0.1) is 5.92 Å². The monoisotopic (exact) mass is 274 g/mol. The number of rotatable bonds is 3. The molecule has 2 amide bonds. The summed E-state index contributed by atoms with van der Waals surface area (Å²) in [5.74, 6) is 2.24. The van der Waals surface area contributed by atoms with Crippen LogP contribution in [0.2, 0.25) is 0 Å². The van der Waals surface area contributed by atoms with Crippen LogP contribution in [0.1, 0.15) is 12.2 Å². The van der Waals surface area contributed by atoms with E-state index < -0.39 is 0 Å². The molecule has 7 nitrogen and oxygen atoms in total. The standard InChI is InChI=1S/C13H18N6O/c1-18-11(2-4-16-18)17-13(20)15-9-10-3-6-19-7-5-14-12(19)8-10/h2,4-5,7,10H,3,6,8-9H2,1H3,(H2,15,17,20). The Balaban J connectivity index is 1.48. The van der Waals surface area contributed by atoms with E-state index >= 15 is 0 Å². The van der Waals surface area contributed by atoms with Crippen molar-refractivity contribution in [3.05, 3.63) is 30.5 Å². The highest BCUT2D eigenvalue weighted by molar-refractivity contribution is 5.88. The second-order valence-corrected chi connectivity index (χ2v) is 5.07. The molecule has 1 aliphatic rings. The molecule has 2 aromatic heterocycles. The van der Waals surface area contributed by atoms with Crippen LogP contribution in [-0.4, -0.2) is 31.9 Å². The zero-order valence-electron chi connectivity index (χ0n) is 11.4. The third-order valence-electron chi connectivity index (χ3n) is 3.67. The van der Waals surface area contributed by atoms with E-state index in [9.17, 15) is 4.79 Å². The molecule has 0 fully saturated rings. The molecule has 3 heterocycles. The molecule has 3 rings (SSSR count). The Bertz CT molecular complexity index is 602. The fraction of sp³-hybridized carbons (Fsp3) is 0.462. The van der Waals surface area contributed by atoms with E-state index in [0.29, 0.717) is 18.3 Å². The number of imidazole rings is 1. The maximum atomic E-state index is 11.8. The zero-order valence-corrected chi connectivity index (χ0v) is 11.4. The Morgan fingerprint density at radius 2 is 2.40 bits per heavy atom. The minimum absolute atomic E-state index is 0.192. The molecule has 2 N–H and O–H groups in total. The normalized spacial score (nSPS) is 17.6. The maximum absolute atomic E-state index is 11.8. The zero-order chi connectivity index (χ0) is 13.9. The van der Waals surface area contributed by atoms with Crippen LogP contribution >= 0.6 is 0 Å². The Morgan fingerprint density at radius 1 is 1.50 bits per heavy atom. The number of amides is 2. The first-order valence-electron chi connectivity index (χ1n) is 6.75. The molecule has 2 aromatic rings. The fourth-order valence-electron chi connectivity index (χ4n) is 2.48. The molecule has 0 saturated heterocycles. The van der Waals surface area contributed by atoms with Gasteiger partial charge in [-0.25, -0.2) is 9.78 Å². The summed E-state index contributed by atoms with van der Waals surface area (Å²) < 4.78 is 3.79. The highest BCUT2D eigenvalue weighted by atomic mass is 16.2. The quantitative estimate of drug-likeness (QED) is 0.876. The van der Waals surface area contributed by atoms with Gasteiger partial charge >= 0.3 is 6.03 Å². The van der Waals surface area contributed by atoms with Gasteiger partial charge in [0.15, 0.2) is 0 Å². The number of urea groups is 1. The largest absolute Gasteiger partial charge is 0.338 e. The SMILES string of the molecule is Cn1nccc1NC(=O)NCC1CCn2ccnc2C1. The van der Waals surface area contributed by atoms with Gasteiger partial charge in [-0.1, -0.05) is 0 Å². The van der Waals surface area contributed by atoms with Crippen LogP contribution < -0.4 is 10.6 Å². The summed E-state index contributed by atoms with van der Waals surface area (Å²) in [5, 5.41) is 9.69. The smallest absolute Gasteiger partial charge is 0.320 e. The number of nitrogens with zero attached hydrogens (tertiary/aromatic N) is 4. The molecule has 0 spiro atoms. The van der Waals surface area contributed by atoms with Gasteiger partial charge in [-0.3, -0.25) is 10.00 Å². The Morgan fingerprint density at radius 3 is 3.20 bits per heavy atom. The molecule has 0 saturated carbocycles. The number of aromatic nitrogens is 4. The molecule has 0 radical (unpaired) electrons. The minimum Gasteiger partial charge on any atom is -0.338 e. The number of fused-ring (bicyclic) bond motifs is 1. The van der Waals surface area contributed by atoms with Gasteiger partial charge in [-0.15, -0.1) is 0 Å². The lowest BCUT2D eigenvalue weighted by atomic mass is 9.98. The first-order chi connectivity index (χ1) is 9.72. The second-order valence-electron chi connectivity index (χ2n) is 5.07. The summed E-state index contributed by atoms with van der Waals surface area (Å²) in [4.78, 5) is 16.1. The molecule has 106 valence electrons. The molecule has 1 aliphatic heterocycles. The molecule has 7 heteroatoms. The lowest BCUT2D eigenvalue weighted by Crippen LogP contribution is -2.36. The van der Waals surface area contributed by atoms with Crippen molar-refractivity contribution in [1.29, 1.82) is 0 Å². The van der Waals surface area contributed by atoms with Gasteiger partial charge in [0.25, 0.3) is 0 Å². The molecule has 1 atom stereocenters. The molecule has 0 bridgehead atoms. The Hall–Kier alpha value is -2.31. The minimum atomic E-state index is -0.192. The van der Waals surface area contributed by atoms with Crippen LogP contribution in [-0.2, 0) is 20.0 Å². The lowest BCUT2D eigenvalue weighted by Gasteiger charge is -2.23. The summed E-state index contributed by atoms with van der Waals surface area (Å²) in [6.07, 6.45) is 7.47. The van der Waals surface area contributed by atoms with E-state index in [0.717, 1.165) is 25.2 Å². The fourth-order valence-corrected chi connectivity index (χ4v) is 2.48. The number of carbonyl (C=O) groups is 1. The first-order valence-corrected chi connectivity index (χ1v) is 6.75. The van der Waals surface area contributed by atoms with Crippen LogP contribution in [0.4, 0.5) is 10.6 Å². The van der Waals surface area contributed by atoms with E-state index in [1.165, 1.54) is 0 Å². The van der Waals surface area contributed by atoms with Crippen molar-refractivity contribution in [2.24, 2.45) is 13.0 Å². The highest BCUT2D eigenvalue weighted by Crippen LogP contribution is 2.18. The predicted octanol–water partition coefficient (Wildman–Crippen LogP) is 1.00. The van der Waals surface area contributed by atoms with Crippen LogP contribution in [0.25, 0.3) is 0 Å². The van der Waals surface area contributed by atoms with Crippen molar-refractivity contribution in [2.75, 3.05) is 11.9 Å². The van der Waals surface area contributed by atoms with Crippen molar-refractivity contribution in [2.45, 2.75) is 19.4 Å². The van der Waals surface area contributed by atoms with Gasteiger partial charge in [0.1, 0.15) is 11.6 Å². The number of anilines is 1. The van der Waals surface area contributed by atoms with E-state index in [1.54, 1.807) is 24.0 Å². The van der Waals surface area contributed by atoms with Gasteiger partial charge in [0.2, 0.25) is 0 Å². The van der Waals surface area contributed by atoms with Crippen molar-refractivity contribution in [3.8, 4) is 0 Å². The van der Waals surface area contributed by atoms with Crippen molar-refractivity contribution in [3.63, 3.8) is 0 Å². The summed E-state index contributed by atoms with van der Waals surface area (Å²) in [5.41, 5.74) is 0. The lowest BCUT2D eigenvalue weighted by molar-refractivity contribution is 0.248. The number of carbonyl (C=O) groups excluding carboxylic acids is 1. The number of hydrogen-bond acceptors (Lipinski definition) is 3. The first kappa shape index (κ1) is 12.7. The molecular weight excluding hydrogens is 256 g/mol. The van der Waals surface area contributed by atoms with Gasteiger partial charge in [0.05, 0.1) is 6.20 Å². The van der Waals surface area contributed by atoms with Crippen LogP contribution in [0.3, 0.4) is 0 Å². The molecule has 20 heavy (non-hydrogen) atoms. The maximum Gasteiger partial charge on any atom is 0.320 e. The van der Waals surface area contributed by atoms with Crippen LogP contribution in [0.15, 0.2) is 24.7 Å². The van der Waals surface area contributed by atoms with Crippen LogP contribution in [0.5, 0.6) is 0 Å². The highest BCUT2D eigenvalue weighted by Gasteiger charge is 2.19. The van der Waals surface area contributed by atoms with E-state index in [1.807, 2.05) is 12.4 Å². The third kappa shape index (κ3) is 2.66. The van der Waals surface area contributed by atoms with Gasteiger partial charge in [0, 0.05) is 45.0 Å². The third-order valence-corrected chi connectivity index (χ3v) is 3.67. The Labute approximate surface area is 117 Å². The van der Waals surface area contributed by atoms with Crippen molar-refractivity contribution >= 4 is 11.8 Å². The average molecular weight is 274 g/mol. The number of aryl methyl sites for hydroxylation is 2. The van der Waals surface area contributed by atoms with E-state index in [2.05, 4.69) is 25.3 Å². The topological polar surface area (TPSA) is 76.8 Å². The summed E-state index contributed by atoms with van der Waals surface area (Å²) in [6.45, 7) is 1.64. The van der Waals surface area contributed by atoms with E-state index in [-0.39, 0.29) is 6.03 Å². The van der Waals surface area contributed by atoms with Gasteiger partial charge in [-0.05, 0) is 12.3 Å². The summed E-state index contributed by atoms with van der Waals surface area (Å²) >= 11 is 0. The molecule has 0 aromatic carbocycles. The van der Waals surface area contributed by atoms with E-state index in [4.69, 9.17) is 0 Å². The average Bonchev–Trinajstić information content (AvgIpc) is 3.05. The summed E-state index contributed by atoms with van der Waals surface area (Å²) in [6, 6.07) is 1.57. The second kappa shape index (κ2) is 5.36. The predicted molar refractivity (Wildman–Crippen MR) is 74.3 cm³/mol. The molecule has 0 aliphatic carbocycles.